The molecule has 2 aromatic carbocycles. The van der Waals surface area contributed by atoms with Crippen LogP contribution >= 0.6 is 0 Å². The van der Waals surface area contributed by atoms with Crippen molar-refractivity contribution in [1.29, 1.82) is 0 Å². The molecule has 0 heterocycles. The molecule has 3 heteroatoms. The lowest BCUT2D eigenvalue weighted by molar-refractivity contribution is -0.740. The number of aromatic hydroxyl groups is 1. The summed E-state index contributed by atoms with van der Waals surface area (Å²) >= 11 is 0. The molecule has 0 aliphatic carbocycles. The van der Waals surface area contributed by atoms with Crippen LogP contribution in [-0.2, 0) is 0 Å². The third-order valence-corrected chi connectivity index (χ3v) is 4.36. The molecule has 2 rings (SSSR count). The smallest absolute Gasteiger partial charge is 0.124 e. The van der Waals surface area contributed by atoms with E-state index in [2.05, 4.69) is 69.4 Å². The second-order valence-corrected chi connectivity index (χ2v) is 6.45. The SMILES string of the molecule is CC[C@@H]([NH2+][C@@H](c1ccccc1)C(C)C)c1cc(C)ccc1O.[Cl-]. The fourth-order valence-corrected chi connectivity index (χ4v) is 3.07. The number of phenolic OH excluding ortho intramolecular Hbond substituents is 1. The van der Waals surface area contributed by atoms with Gasteiger partial charge in [0.25, 0.3) is 0 Å². The summed E-state index contributed by atoms with van der Waals surface area (Å²) in [6.45, 7) is 8.78. The molecule has 3 N–H and O–H groups in total. The average molecular weight is 334 g/mol. The van der Waals surface area contributed by atoms with E-state index in [1.54, 1.807) is 0 Å². The number of hydrogen-bond donors (Lipinski definition) is 2. The number of rotatable bonds is 6. The topological polar surface area (TPSA) is 36.8 Å². The third kappa shape index (κ3) is 4.98. The Morgan fingerprint density at radius 1 is 1.04 bits per heavy atom. The molecule has 0 bridgehead atoms. The summed E-state index contributed by atoms with van der Waals surface area (Å²) in [6.07, 6.45) is 0.993. The van der Waals surface area contributed by atoms with Gasteiger partial charge in [0.05, 0.1) is 5.56 Å². The quantitative estimate of drug-likeness (QED) is 0.816. The van der Waals surface area contributed by atoms with E-state index >= 15 is 0 Å². The van der Waals surface area contributed by atoms with Gasteiger partial charge < -0.3 is 22.8 Å². The second kappa shape index (κ2) is 8.95. The predicted molar refractivity (Wildman–Crippen MR) is 91.8 cm³/mol. The number of halogens is 1. The number of benzene rings is 2. The highest BCUT2D eigenvalue weighted by molar-refractivity contribution is 5.37. The Morgan fingerprint density at radius 3 is 2.26 bits per heavy atom. The standard InChI is InChI=1S/C20H27NO.ClH/c1-5-18(17-13-15(4)11-12-19(17)22)21-20(14(2)3)16-9-7-6-8-10-16;/h6-14,18,20-22H,5H2,1-4H3;1H/t18-,20-;/m1./s1. The van der Waals surface area contributed by atoms with Crippen molar-refractivity contribution >= 4 is 0 Å². The second-order valence-electron chi connectivity index (χ2n) is 6.45. The molecule has 0 unspecified atom stereocenters. The van der Waals surface area contributed by atoms with Gasteiger partial charge in [0, 0.05) is 17.9 Å². The van der Waals surface area contributed by atoms with Crippen LogP contribution in [0.3, 0.4) is 0 Å². The average Bonchev–Trinajstić information content (AvgIpc) is 2.52. The first-order chi connectivity index (χ1) is 10.5. The van der Waals surface area contributed by atoms with E-state index in [0.717, 1.165) is 12.0 Å². The zero-order chi connectivity index (χ0) is 16.1. The van der Waals surface area contributed by atoms with E-state index in [-0.39, 0.29) is 18.4 Å². The summed E-state index contributed by atoms with van der Waals surface area (Å²) in [5, 5.41) is 12.6. The molecule has 0 saturated carbocycles. The number of aryl methyl sites for hydroxylation is 1. The van der Waals surface area contributed by atoms with Crippen molar-refractivity contribution in [2.75, 3.05) is 0 Å². The van der Waals surface area contributed by atoms with Gasteiger partial charge in [-0.15, -0.1) is 0 Å². The molecule has 0 spiro atoms. The van der Waals surface area contributed by atoms with Crippen LogP contribution in [0.4, 0.5) is 0 Å². The largest absolute Gasteiger partial charge is 1.00 e. The Kier molecular flexibility index (Phi) is 7.60. The Balaban J connectivity index is 0.00000264. The van der Waals surface area contributed by atoms with Gasteiger partial charge in [-0.25, -0.2) is 0 Å². The minimum atomic E-state index is 0. The minimum absolute atomic E-state index is 0. The Labute approximate surface area is 146 Å². The number of nitrogens with two attached hydrogens (primary N) is 1. The van der Waals surface area contributed by atoms with Gasteiger partial charge in [-0.05, 0) is 19.1 Å². The molecular formula is C20H28ClNO. The molecule has 0 fully saturated rings. The highest BCUT2D eigenvalue weighted by atomic mass is 35.5. The zero-order valence-electron chi connectivity index (χ0n) is 14.5. The van der Waals surface area contributed by atoms with E-state index in [9.17, 15) is 5.11 Å². The Bertz CT molecular complexity index is 598. The molecule has 23 heavy (non-hydrogen) atoms. The van der Waals surface area contributed by atoms with Gasteiger partial charge >= 0.3 is 0 Å². The molecule has 2 aromatic rings. The van der Waals surface area contributed by atoms with Crippen molar-refractivity contribution in [1.82, 2.24) is 0 Å². The van der Waals surface area contributed by atoms with Crippen molar-refractivity contribution < 1.29 is 22.8 Å². The summed E-state index contributed by atoms with van der Waals surface area (Å²) in [7, 11) is 0. The van der Waals surface area contributed by atoms with E-state index in [4.69, 9.17) is 0 Å². The molecular weight excluding hydrogens is 306 g/mol. The van der Waals surface area contributed by atoms with E-state index in [1.165, 1.54) is 11.1 Å². The van der Waals surface area contributed by atoms with Gasteiger partial charge in [-0.1, -0.05) is 62.7 Å². The number of hydrogen-bond acceptors (Lipinski definition) is 1. The lowest BCUT2D eigenvalue weighted by atomic mass is 9.93. The maximum absolute atomic E-state index is 10.2. The first-order valence-corrected chi connectivity index (χ1v) is 8.22. The zero-order valence-corrected chi connectivity index (χ0v) is 15.2. The molecule has 0 saturated heterocycles. The normalized spacial score (nSPS) is 13.4. The highest BCUT2D eigenvalue weighted by Crippen LogP contribution is 2.27. The van der Waals surface area contributed by atoms with Crippen molar-refractivity contribution in [3.05, 3.63) is 65.2 Å². The number of quaternary nitrogens is 1. The third-order valence-electron chi connectivity index (χ3n) is 4.36. The lowest BCUT2D eigenvalue weighted by Gasteiger charge is -2.26. The van der Waals surface area contributed by atoms with E-state index < -0.39 is 0 Å². The van der Waals surface area contributed by atoms with Crippen molar-refractivity contribution in [3.63, 3.8) is 0 Å². The monoisotopic (exact) mass is 333 g/mol. The van der Waals surface area contributed by atoms with Crippen molar-refractivity contribution in [2.24, 2.45) is 5.92 Å². The fourth-order valence-electron chi connectivity index (χ4n) is 3.07. The Morgan fingerprint density at radius 2 is 1.70 bits per heavy atom. The highest BCUT2D eigenvalue weighted by Gasteiger charge is 2.25. The van der Waals surface area contributed by atoms with Gasteiger partial charge in [0.2, 0.25) is 0 Å². The van der Waals surface area contributed by atoms with Crippen molar-refractivity contribution in [3.8, 4) is 5.75 Å². The van der Waals surface area contributed by atoms with Crippen LogP contribution in [0.2, 0.25) is 0 Å². The molecule has 0 radical (unpaired) electrons. The Hall–Kier alpha value is -1.51. The van der Waals surface area contributed by atoms with Gasteiger partial charge in [-0.3, -0.25) is 0 Å². The summed E-state index contributed by atoms with van der Waals surface area (Å²) in [5.41, 5.74) is 3.59. The van der Waals surface area contributed by atoms with Crippen LogP contribution in [0.15, 0.2) is 48.5 Å². The molecule has 2 nitrogen and oxygen atoms in total. The van der Waals surface area contributed by atoms with Gasteiger partial charge in [0.15, 0.2) is 0 Å². The van der Waals surface area contributed by atoms with E-state index in [1.807, 2.05) is 12.1 Å². The molecule has 126 valence electrons. The summed E-state index contributed by atoms with van der Waals surface area (Å²) in [6, 6.07) is 17.2. The van der Waals surface area contributed by atoms with Crippen LogP contribution in [0, 0.1) is 12.8 Å². The summed E-state index contributed by atoms with van der Waals surface area (Å²) < 4.78 is 0. The first-order valence-electron chi connectivity index (χ1n) is 8.22. The molecule has 0 aromatic heterocycles. The van der Waals surface area contributed by atoms with Crippen LogP contribution in [0.5, 0.6) is 5.75 Å². The van der Waals surface area contributed by atoms with Crippen LogP contribution < -0.4 is 17.7 Å². The molecule has 0 aliphatic heterocycles. The summed E-state index contributed by atoms with van der Waals surface area (Å²) in [5.74, 6) is 0.938. The molecule has 0 aliphatic rings. The van der Waals surface area contributed by atoms with Crippen LogP contribution in [0.1, 0.15) is 56.0 Å². The first kappa shape index (κ1) is 19.5. The minimum Gasteiger partial charge on any atom is -1.00 e. The summed E-state index contributed by atoms with van der Waals surface area (Å²) in [4.78, 5) is 0. The van der Waals surface area contributed by atoms with E-state index in [0.29, 0.717) is 17.7 Å². The maximum atomic E-state index is 10.2. The number of phenols is 1. The lowest BCUT2D eigenvalue weighted by Crippen LogP contribution is -3.00. The van der Waals surface area contributed by atoms with Crippen LogP contribution in [-0.4, -0.2) is 5.11 Å². The van der Waals surface area contributed by atoms with Gasteiger partial charge in [0.1, 0.15) is 17.8 Å². The van der Waals surface area contributed by atoms with Crippen LogP contribution in [0.25, 0.3) is 0 Å². The van der Waals surface area contributed by atoms with Crippen molar-refractivity contribution in [2.45, 2.75) is 46.2 Å². The predicted octanol–water partition coefficient (Wildman–Crippen LogP) is 1.12. The van der Waals surface area contributed by atoms with Gasteiger partial charge in [-0.2, -0.15) is 0 Å². The fraction of sp³-hybridized carbons (Fsp3) is 0.400. The maximum Gasteiger partial charge on any atom is 0.124 e. The molecule has 2 atom stereocenters. The molecule has 0 amide bonds.